The smallest absolute Gasteiger partial charge is 0.225 e. The van der Waals surface area contributed by atoms with Crippen LogP contribution in [0.1, 0.15) is 37.3 Å². The van der Waals surface area contributed by atoms with E-state index in [2.05, 4.69) is 15.5 Å². The Bertz CT molecular complexity index is 966. The number of nitrogens with zero attached hydrogens (tertiary/aromatic N) is 4. The fourth-order valence-corrected chi connectivity index (χ4v) is 3.69. The van der Waals surface area contributed by atoms with Crippen molar-refractivity contribution in [1.29, 1.82) is 0 Å². The van der Waals surface area contributed by atoms with Gasteiger partial charge in [0.25, 0.3) is 0 Å². The zero-order valence-corrected chi connectivity index (χ0v) is 16.3. The third-order valence-corrected chi connectivity index (χ3v) is 5.27. The van der Waals surface area contributed by atoms with Gasteiger partial charge in [-0.15, -0.1) is 10.2 Å². The number of amides is 2. The molecule has 1 atom stereocenters. The molecular weight excluding hydrogens is 370 g/mol. The Hall–Kier alpha value is -3.16. The summed E-state index contributed by atoms with van der Waals surface area (Å²) >= 11 is 0. The van der Waals surface area contributed by atoms with E-state index in [1.165, 1.54) is 0 Å². The van der Waals surface area contributed by atoms with E-state index < -0.39 is 0 Å². The van der Waals surface area contributed by atoms with Crippen molar-refractivity contribution in [3.05, 3.63) is 54.4 Å². The minimum Gasteiger partial charge on any atom is -0.467 e. The molecule has 4 heterocycles. The van der Waals surface area contributed by atoms with E-state index in [4.69, 9.17) is 4.42 Å². The van der Waals surface area contributed by atoms with Crippen molar-refractivity contribution in [2.24, 2.45) is 5.92 Å². The molecule has 1 saturated heterocycles. The van der Waals surface area contributed by atoms with Crippen molar-refractivity contribution in [2.45, 2.75) is 38.6 Å². The number of hydrogen-bond donors (Lipinski definition) is 1. The van der Waals surface area contributed by atoms with Crippen molar-refractivity contribution in [3.8, 4) is 0 Å². The van der Waals surface area contributed by atoms with Crippen LogP contribution in [0.2, 0.25) is 0 Å². The molecule has 0 aromatic carbocycles. The van der Waals surface area contributed by atoms with E-state index in [1.54, 1.807) is 17.2 Å². The first-order valence-corrected chi connectivity index (χ1v) is 10.1. The number of carbonyl (C=O) groups excluding carboxylic acids is 2. The first-order valence-electron chi connectivity index (χ1n) is 10.1. The van der Waals surface area contributed by atoms with Crippen molar-refractivity contribution < 1.29 is 14.0 Å². The van der Waals surface area contributed by atoms with Crippen LogP contribution < -0.4 is 5.32 Å². The molecule has 3 aromatic rings. The van der Waals surface area contributed by atoms with Gasteiger partial charge in [-0.1, -0.05) is 12.5 Å². The van der Waals surface area contributed by atoms with Crippen LogP contribution in [0.3, 0.4) is 0 Å². The summed E-state index contributed by atoms with van der Waals surface area (Å²) in [6, 6.07) is 9.49. The summed E-state index contributed by atoms with van der Waals surface area (Å²) in [7, 11) is 0. The average molecular weight is 395 g/mol. The number of rotatable bonds is 9. The van der Waals surface area contributed by atoms with Crippen molar-refractivity contribution in [2.75, 3.05) is 13.1 Å². The first-order chi connectivity index (χ1) is 14.2. The largest absolute Gasteiger partial charge is 0.467 e. The van der Waals surface area contributed by atoms with Gasteiger partial charge in [0.05, 0.1) is 18.7 Å². The van der Waals surface area contributed by atoms with Crippen LogP contribution in [0.4, 0.5) is 0 Å². The molecule has 0 spiro atoms. The summed E-state index contributed by atoms with van der Waals surface area (Å²) in [5.41, 5.74) is 0.863. The third-order valence-electron chi connectivity index (χ3n) is 5.27. The summed E-state index contributed by atoms with van der Waals surface area (Å²) in [6.07, 6.45) is 7.58. The van der Waals surface area contributed by atoms with Gasteiger partial charge in [-0.05, 0) is 37.1 Å². The maximum Gasteiger partial charge on any atom is 0.225 e. The second-order valence-corrected chi connectivity index (χ2v) is 7.40. The molecule has 0 saturated carbocycles. The second-order valence-electron chi connectivity index (χ2n) is 7.40. The Labute approximate surface area is 168 Å². The van der Waals surface area contributed by atoms with Crippen molar-refractivity contribution >= 4 is 17.5 Å². The molecule has 1 aliphatic rings. The van der Waals surface area contributed by atoms with Gasteiger partial charge in [-0.3, -0.25) is 14.0 Å². The zero-order valence-electron chi connectivity index (χ0n) is 16.3. The number of aryl methyl sites for hydroxylation is 1. The second kappa shape index (κ2) is 8.89. The Morgan fingerprint density at radius 2 is 2.10 bits per heavy atom. The summed E-state index contributed by atoms with van der Waals surface area (Å²) < 4.78 is 7.30. The Kier molecular flexibility index (Phi) is 5.88. The van der Waals surface area contributed by atoms with Gasteiger partial charge in [0.15, 0.2) is 5.65 Å². The highest BCUT2D eigenvalue weighted by Crippen LogP contribution is 2.20. The molecule has 1 fully saturated rings. The minimum absolute atomic E-state index is 0.00193. The number of hydrogen-bond acceptors (Lipinski definition) is 5. The lowest BCUT2D eigenvalue weighted by Gasteiger charge is -2.15. The molecule has 8 heteroatoms. The molecule has 2 amide bonds. The molecule has 0 aliphatic carbocycles. The molecule has 1 unspecified atom stereocenters. The lowest BCUT2D eigenvalue weighted by molar-refractivity contribution is -0.129. The van der Waals surface area contributed by atoms with Crippen molar-refractivity contribution in [1.82, 2.24) is 24.8 Å². The molecule has 0 bridgehead atoms. The highest BCUT2D eigenvalue weighted by atomic mass is 16.3. The van der Waals surface area contributed by atoms with E-state index in [0.717, 1.165) is 42.9 Å². The third kappa shape index (κ3) is 4.64. The van der Waals surface area contributed by atoms with Gasteiger partial charge in [0, 0.05) is 32.1 Å². The maximum absolute atomic E-state index is 12.4. The van der Waals surface area contributed by atoms with Crippen LogP contribution in [0.25, 0.3) is 5.65 Å². The number of carbonyl (C=O) groups is 2. The monoisotopic (exact) mass is 395 g/mol. The van der Waals surface area contributed by atoms with Gasteiger partial charge in [-0.2, -0.15) is 0 Å². The van der Waals surface area contributed by atoms with Crippen LogP contribution in [0.5, 0.6) is 0 Å². The van der Waals surface area contributed by atoms with E-state index in [-0.39, 0.29) is 24.2 Å². The standard InChI is InChI=1S/C21H25N5O3/c27-20-13-16(14-25(20)15-17-7-6-12-29-17)21(28)22-10-4-1-2-8-18-23-24-19-9-3-5-11-26(18)19/h3,5-7,9,11-12,16H,1-2,4,8,10,13-15H2,(H,22,28). The number of furan rings is 1. The Morgan fingerprint density at radius 1 is 1.17 bits per heavy atom. The maximum atomic E-state index is 12.4. The van der Waals surface area contributed by atoms with Crippen LogP contribution in [0.15, 0.2) is 47.2 Å². The van der Waals surface area contributed by atoms with E-state index in [0.29, 0.717) is 19.6 Å². The summed E-state index contributed by atoms with van der Waals surface area (Å²) in [4.78, 5) is 26.2. The SMILES string of the molecule is O=C(NCCCCCc1nnc2ccccn12)C1CC(=O)N(Cc2ccco2)C1. The highest BCUT2D eigenvalue weighted by Gasteiger charge is 2.34. The highest BCUT2D eigenvalue weighted by molar-refractivity contribution is 5.89. The average Bonchev–Trinajstić information content (AvgIpc) is 3.46. The van der Waals surface area contributed by atoms with Gasteiger partial charge in [0.2, 0.25) is 11.8 Å². The Morgan fingerprint density at radius 3 is 2.97 bits per heavy atom. The molecule has 29 heavy (non-hydrogen) atoms. The predicted molar refractivity (Wildman–Crippen MR) is 106 cm³/mol. The van der Waals surface area contributed by atoms with Gasteiger partial charge in [-0.25, -0.2) is 0 Å². The van der Waals surface area contributed by atoms with E-state index in [1.807, 2.05) is 34.9 Å². The lowest BCUT2D eigenvalue weighted by atomic mass is 10.1. The fourth-order valence-electron chi connectivity index (χ4n) is 3.69. The normalized spacial score (nSPS) is 16.6. The van der Waals surface area contributed by atoms with Gasteiger partial charge < -0.3 is 14.6 Å². The van der Waals surface area contributed by atoms with Gasteiger partial charge in [0.1, 0.15) is 11.6 Å². The minimum atomic E-state index is -0.278. The number of unbranched alkanes of at least 4 members (excludes halogenated alkanes) is 2. The zero-order chi connectivity index (χ0) is 20.1. The van der Waals surface area contributed by atoms with Gasteiger partial charge >= 0.3 is 0 Å². The number of likely N-dealkylation sites (tertiary alicyclic amines) is 1. The van der Waals surface area contributed by atoms with Crippen LogP contribution >= 0.6 is 0 Å². The summed E-state index contributed by atoms with van der Waals surface area (Å²) in [5, 5.41) is 11.4. The van der Waals surface area contributed by atoms with E-state index >= 15 is 0 Å². The topological polar surface area (TPSA) is 92.7 Å². The quantitative estimate of drug-likeness (QED) is 0.561. The molecule has 8 nitrogen and oxygen atoms in total. The summed E-state index contributed by atoms with van der Waals surface area (Å²) in [5.74, 6) is 1.39. The van der Waals surface area contributed by atoms with Crippen LogP contribution in [0, 0.1) is 5.92 Å². The molecule has 1 N–H and O–H groups in total. The van der Waals surface area contributed by atoms with Crippen LogP contribution in [-0.2, 0) is 22.6 Å². The molecule has 4 rings (SSSR count). The molecule has 152 valence electrons. The molecule has 0 radical (unpaired) electrons. The molecular formula is C21H25N5O3. The van der Waals surface area contributed by atoms with Crippen molar-refractivity contribution in [3.63, 3.8) is 0 Å². The predicted octanol–water partition coefficient (Wildman–Crippen LogP) is 2.20. The number of nitrogens with one attached hydrogen (secondary N) is 1. The number of pyridine rings is 1. The number of fused-ring (bicyclic) bond motifs is 1. The molecule has 1 aliphatic heterocycles. The lowest BCUT2D eigenvalue weighted by Crippen LogP contribution is -2.33. The first kappa shape index (κ1) is 19.2. The fraction of sp³-hybridized carbons (Fsp3) is 0.429. The Balaban J connectivity index is 1.14. The summed E-state index contributed by atoms with van der Waals surface area (Å²) in [6.45, 7) is 1.50. The molecule has 3 aromatic heterocycles. The number of aromatic nitrogens is 3. The van der Waals surface area contributed by atoms with Crippen LogP contribution in [-0.4, -0.2) is 44.4 Å². The van der Waals surface area contributed by atoms with E-state index in [9.17, 15) is 9.59 Å².